The minimum absolute atomic E-state index is 0.0707. The van der Waals surface area contributed by atoms with Crippen LogP contribution in [-0.2, 0) is 11.3 Å². The average Bonchev–Trinajstić information content (AvgIpc) is 2.89. The van der Waals surface area contributed by atoms with Gasteiger partial charge in [-0.25, -0.2) is 4.79 Å². The zero-order valence-corrected chi connectivity index (χ0v) is 16.7. The number of imide groups is 1. The summed E-state index contributed by atoms with van der Waals surface area (Å²) >= 11 is 7.44. The Morgan fingerprint density at radius 1 is 1.19 bits per heavy atom. The Labute approximate surface area is 163 Å². The van der Waals surface area contributed by atoms with Crippen molar-refractivity contribution in [3.05, 3.63) is 21.3 Å². The number of likely N-dealkylation sites (N-methyl/N-ethyl adjacent to an activating group) is 1. The molecule has 0 saturated heterocycles. The quantitative estimate of drug-likeness (QED) is 0.800. The smallest absolute Gasteiger partial charge is 0.321 e. The molecular weight excluding hydrogens is 370 g/mol. The van der Waals surface area contributed by atoms with E-state index in [0.717, 1.165) is 46.2 Å². The minimum Gasteiger partial charge on any atom is -0.332 e. The van der Waals surface area contributed by atoms with Gasteiger partial charge in [-0.2, -0.15) is 0 Å². The fourth-order valence-corrected chi connectivity index (χ4v) is 6.87. The maximum absolute atomic E-state index is 12.4. The molecule has 4 saturated carbocycles. The van der Waals surface area contributed by atoms with E-state index >= 15 is 0 Å². The molecule has 5 nitrogen and oxygen atoms in total. The van der Waals surface area contributed by atoms with Crippen molar-refractivity contribution in [1.82, 2.24) is 15.5 Å². The minimum atomic E-state index is -0.329. The highest BCUT2D eigenvalue weighted by atomic mass is 35.5. The van der Waals surface area contributed by atoms with Crippen LogP contribution in [0.25, 0.3) is 0 Å². The number of rotatable bonds is 5. The molecule has 4 aliphatic carbocycles. The van der Waals surface area contributed by atoms with E-state index in [1.807, 2.05) is 24.1 Å². The Morgan fingerprint density at radius 2 is 1.81 bits per heavy atom. The Hall–Kier alpha value is -1.11. The lowest BCUT2D eigenvalue weighted by Gasteiger charge is -2.56. The highest BCUT2D eigenvalue weighted by Gasteiger charge is 2.51. The van der Waals surface area contributed by atoms with Gasteiger partial charge < -0.3 is 5.32 Å². The number of carbonyl (C=O) groups excluding carboxylic acids is 2. The van der Waals surface area contributed by atoms with Crippen LogP contribution < -0.4 is 10.6 Å². The van der Waals surface area contributed by atoms with Gasteiger partial charge in [0.15, 0.2) is 0 Å². The average molecular weight is 396 g/mol. The van der Waals surface area contributed by atoms with Crippen LogP contribution >= 0.6 is 22.9 Å². The second-order valence-electron chi connectivity index (χ2n) is 8.58. The molecule has 5 rings (SSSR count). The summed E-state index contributed by atoms with van der Waals surface area (Å²) in [6.07, 6.45) is 7.25. The van der Waals surface area contributed by atoms with Crippen LogP contribution in [0.1, 0.15) is 43.4 Å². The van der Waals surface area contributed by atoms with Crippen molar-refractivity contribution in [3.8, 4) is 0 Å². The van der Waals surface area contributed by atoms with Gasteiger partial charge in [0, 0.05) is 17.0 Å². The van der Waals surface area contributed by atoms with E-state index in [9.17, 15) is 9.59 Å². The first-order valence-electron chi connectivity index (χ1n) is 9.44. The summed E-state index contributed by atoms with van der Waals surface area (Å²) in [6, 6.07) is 3.49. The zero-order valence-electron chi connectivity index (χ0n) is 15.1. The second-order valence-corrected chi connectivity index (χ2v) is 10.4. The predicted octanol–water partition coefficient (Wildman–Crippen LogP) is 3.63. The maximum Gasteiger partial charge on any atom is 0.321 e. The summed E-state index contributed by atoms with van der Waals surface area (Å²) in [6.45, 7) is 0.825. The Morgan fingerprint density at radius 3 is 2.35 bits per heavy atom. The van der Waals surface area contributed by atoms with Crippen molar-refractivity contribution in [2.24, 2.45) is 17.8 Å². The first kappa shape index (κ1) is 18.3. The topological polar surface area (TPSA) is 61.4 Å². The second kappa shape index (κ2) is 7.13. The number of carbonyl (C=O) groups is 2. The van der Waals surface area contributed by atoms with Crippen molar-refractivity contribution in [1.29, 1.82) is 0 Å². The SMILES string of the molecule is CN(CC(=O)NC(=O)NC12CC3CC(CC(C3)C1)C2)Cc1ccc(Cl)s1. The Bertz CT molecular complexity index is 669. The number of thiophene rings is 1. The lowest BCUT2D eigenvalue weighted by atomic mass is 9.53. The third-order valence-corrected chi connectivity index (χ3v) is 7.35. The number of urea groups is 1. The van der Waals surface area contributed by atoms with E-state index in [0.29, 0.717) is 6.54 Å². The van der Waals surface area contributed by atoms with Crippen LogP contribution in [0.2, 0.25) is 4.34 Å². The summed E-state index contributed by atoms with van der Waals surface area (Å²) in [4.78, 5) is 27.6. The number of amides is 3. The third-order valence-electron chi connectivity index (χ3n) is 6.14. The molecule has 26 heavy (non-hydrogen) atoms. The van der Waals surface area contributed by atoms with Gasteiger partial charge >= 0.3 is 6.03 Å². The maximum atomic E-state index is 12.4. The van der Waals surface area contributed by atoms with Gasteiger partial charge in [-0.15, -0.1) is 11.3 Å². The van der Waals surface area contributed by atoms with E-state index in [2.05, 4.69) is 10.6 Å². The van der Waals surface area contributed by atoms with Crippen LogP contribution in [-0.4, -0.2) is 36.0 Å². The Balaban J connectivity index is 1.26. The molecule has 1 aromatic heterocycles. The summed E-state index contributed by atoms with van der Waals surface area (Å²) in [5.41, 5.74) is -0.0707. The van der Waals surface area contributed by atoms with Gasteiger partial charge in [0.25, 0.3) is 0 Å². The van der Waals surface area contributed by atoms with Crippen molar-refractivity contribution in [2.75, 3.05) is 13.6 Å². The van der Waals surface area contributed by atoms with Gasteiger partial charge in [-0.1, -0.05) is 11.6 Å². The van der Waals surface area contributed by atoms with E-state index in [1.54, 1.807) is 0 Å². The molecule has 0 aliphatic heterocycles. The van der Waals surface area contributed by atoms with Crippen LogP contribution in [0.3, 0.4) is 0 Å². The number of halogens is 1. The van der Waals surface area contributed by atoms with Crippen LogP contribution in [0.5, 0.6) is 0 Å². The van der Waals surface area contributed by atoms with E-state index in [-0.39, 0.29) is 24.0 Å². The summed E-state index contributed by atoms with van der Waals surface area (Å²) < 4.78 is 0.743. The third kappa shape index (κ3) is 4.07. The molecule has 2 N–H and O–H groups in total. The lowest BCUT2D eigenvalue weighted by Crippen LogP contribution is -2.62. The molecule has 0 radical (unpaired) electrons. The van der Waals surface area contributed by atoms with Crippen molar-refractivity contribution < 1.29 is 9.59 Å². The van der Waals surface area contributed by atoms with E-state index in [1.165, 1.54) is 30.6 Å². The summed E-state index contributed by atoms with van der Waals surface area (Å²) in [5, 5.41) is 5.70. The Kier molecular flexibility index (Phi) is 5.01. The highest BCUT2D eigenvalue weighted by Crippen LogP contribution is 2.55. The van der Waals surface area contributed by atoms with Crippen molar-refractivity contribution >= 4 is 34.9 Å². The number of nitrogens with one attached hydrogen (secondary N) is 2. The molecule has 0 aromatic carbocycles. The van der Waals surface area contributed by atoms with Crippen molar-refractivity contribution in [2.45, 2.75) is 50.6 Å². The van der Waals surface area contributed by atoms with Gasteiger partial charge in [0.1, 0.15) is 0 Å². The molecule has 1 heterocycles. The summed E-state index contributed by atoms with van der Waals surface area (Å²) in [7, 11) is 1.87. The highest BCUT2D eigenvalue weighted by molar-refractivity contribution is 7.16. The van der Waals surface area contributed by atoms with E-state index in [4.69, 9.17) is 11.6 Å². The number of hydrogen-bond acceptors (Lipinski definition) is 4. The first-order valence-corrected chi connectivity index (χ1v) is 10.6. The summed E-state index contributed by atoms with van der Waals surface area (Å²) in [5.74, 6) is 2.03. The molecule has 4 fully saturated rings. The molecular formula is C19H26ClN3O2S. The molecule has 0 unspecified atom stereocenters. The number of nitrogens with zero attached hydrogens (tertiary/aromatic N) is 1. The van der Waals surface area contributed by atoms with E-state index < -0.39 is 0 Å². The molecule has 0 spiro atoms. The van der Waals surface area contributed by atoms with Crippen LogP contribution in [0.4, 0.5) is 4.79 Å². The fourth-order valence-electron chi connectivity index (χ4n) is 5.71. The molecule has 3 amide bonds. The standard InChI is InChI=1S/C19H26ClN3O2S/c1-23(10-15-2-3-16(20)26-15)11-17(24)21-18(25)22-19-7-12-4-13(8-19)6-14(5-12)9-19/h2-3,12-14H,4-11H2,1H3,(H2,21,22,24,25). The van der Waals surface area contributed by atoms with Crippen LogP contribution in [0, 0.1) is 17.8 Å². The normalized spacial score (nSPS) is 32.0. The van der Waals surface area contributed by atoms with Gasteiger partial charge in [0.2, 0.25) is 5.91 Å². The fraction of sp³-hybridized carbons (Fsp3) is 0.684. The van der Waals surface area contributed by atoms with Gasteiger partial charge in [0.05, 0.1) is 10.9 Å². The predicted molar refractivity (Wildman–Crippen MR) is 103 cm³/mol. The molecule has 142 valence electrons. The van der Waals surface area contributed by atoms with Gasteiger partial charge in [-0.05, 0) is 75.5 Å². The van der Waals surface area contributed by atoms with Crippen molar-refractivity contribution in [3.63, 3.8) is 0 Å². The number of hydrogen-bond donors (Lipinski definition) is 2. The first-order chi connectivity index (χ1) is 12.4. The van der Waals surface area contributed by atoms with Crippen LogP contribution in [0.15, 0.2) is 12.1 Å². The molecule has 4 bridgehead atoms. The monoisotopic (exact) mass is 395 g/mol. The largest absolute Gasteiger partial charge is 0.332 e. The molecule has 0 atom stereocenters. The lowest BCUT2D eigenvalue weighted by molar-refractivity contribution is -0.121. The van der Waals surface area contributed by atoms with Gasteiger partial charge in [-0.3, -0.25) is 15.0 Å². The zero-order chi connectivity index (χ0) is 18.3. The molecule has 7 heteroatoms. The molecule has 1 aromatic rings. The molecule has 4 aliphatic rings.